The molecular weight excluding hydrogens is 317 g/mol. The number of pyridine rings is 1. The van der Waals surface area contributed by atoms with E-state index < -0.39 is 5.82 Å². The minimum atomic E-state index is -0.527. The Morgan fingerprint density at radius 2 is 2.25 bits per heavy atom. The summed E-state index contributed by atoms with van der Waals surface area (Å²) in [7, 11) is 1.49. The van der Waals surface area contributed by atoms with Crippen LogP contribution < -0.4 is 4.74 Å². The Labute approximate surface area is 138 Å². The van der Waals surface area contributed by atoms with Crippen molar-refractivity contribution < 1.29 is 18.7 Å². The van der Waals surface area contributed by atoms with Crippen LogP contribution in [0, 0.1) is 5.82 Å². The molecule has 0 unspecified atom stereocenters. The van der Waals surface area contributed by atoms with Crippen LogP contribution in [0.3, 0.4) is 0 Å². The van der Waals surface area contributed by atoms with Crippen LogP contribution in [-0.4, -0.2) is 50.8 Å². The third kappa shape index (κ3) is 3.07. The van der Waals surface area contributed by atoms with Gasteiger partial charge >= 0.3 is 0 Å². The van der Waals surface area contributed by atoms with E-state index in [1.165, 1.54) is 25.4 Å². The number of amides is 1. The summed E-state index contributed by atoms with van der Waals surface area (Å²) in [5, 5.41) is 8.25. The predicted octanol–water partition coefficient (Wildman–Crippen LogP) is 0.941. The highest BCUT2D eigenvalue weighted by Gasteiger charge is 2.31. The maximum Gasteiger partial charge on any atom is 0.250 e. The molecule has 0 fully saturated rings. The molecule has 0 N–H and O–H groups in total. The lowest BCUT2D eigenvalue weighted by atomic mass is 10.2. The number of ether oxygens (including phenoxy) is 2. The SMILES string of the molecule is COCC(=O)N1CCn2c(COc3ncccc3F)nnc2[C@H]1C. The maximum absolute atomic E-state index is 13.5. The molecular formula is C15H18FN5O3. The highest BCUT2D eigenvalue weighted by Crippen LogP contribution is 2.25. The molecule has 2 aromatic rings. The third-order valence-electron chi connectivity index (χ3n) is 3.91. The van der Waals surface area contributed by atoms with Crippen molar-refractivity contribution >= 4 is 5.91 Å². The topological polar surface area (TPSA) is 82.4 Å². The molecule has 2 aromatic heterocycles. The molecule has 8 nitrogen and oxygen atoms in total. The largest absolute Gasteiger partial charge is 0.467 e. The quantitative estimate of drug-likeness (QED) is 0.809. The summed E-state index contributed by atoms with van der Waals surface area (Å²) >= 11 is 0. The van der Waals surface area contributed by atoms with Crippen molar-refractivity contribution in [2.24, 2.45) is 0 Å². The Bertz CT molecular complexity index is 736. The van der Waals surface area contributed by atoms with E-state index in [2.05, 4.69) is 15.2 Å². The average molecular weight is 335 g/mol. The molecule has 0 bridgehead atoms. The number of aromatic nitrogens is 4. The molecule has 24 heavy (non-hydrogen) atoms. The highest BCUT2D eigenvalue weighted by molar-refractivity contribution is 5.78. The van der Waals surface area contributed by atoms with E-state index in [-0.39, 0.29) is 31.0 Å². The fourth-order valence-corrected chi connectivity index (χ4v) is 2.71. The number of methoxy groups -OCH3 is 1. The molecule has 9 heteroatoms. The lowest BCUT2D eigenvalue weighted by molar-refractivity contribution is -0.138. The normalized spacial score (nSPS) is 16.8. The first-order valence-electron chi connectivity index (χ1n) is 7.55. The zero-order valence-corrected chi connectivity index (χ0v) is 13.5. The molecule has 3 heterocycles. The summed E-state index contributed by atoms with van der Waals surface area (Å²) in [4.78, 5) is 17.6. The summed E-state index contributed by atoms with van der Waals surface area (Å²) in [5.74, 6) is 0.551. The fourth-order valence-electron chi connectivity index (χ4n) is 2.71. The van der Waals surface area contributed by atoms with Gasteiger partial charge in [0, 0.05) is 26.4 Å². The molecule has 0 saturated carbocycles. The van der Waals surface area contributed by atoms with E-state index in [1.54, 1.807) is 4.90 Å². The molecule has 1 amide bonds. The summed E-state index contributed by atoms with van der Waals surface area (Å²) in [5.41, 5.74) is 0. The van der Waals surface area contributed by atoms with Crippen LogP contribution in [0.1, 0.15) is 24.6 Å². The number of halogens is 1. The van der Waals surface area contributed by atoms with Gasteiger partial charge in [-0.25, -0.2) is 9.37 Å². The van der Waals surface area contributed by atoms with E-state index in [0.717, 1.165) is 0 Å². The lowest BCUT2D eigenvalue weighted by Crippen LogP contribution is -2.43. The molecule has 1 atom stereocenters. The van der Waals surface area contributed by atoms with E-state index in [4.69, 9.17) is 9.47 Å². The summed E-state index contributed by atoms with van der Waals surface area (Å²) in [6, 6.07) is 2.56. The van der Waals surface area contributed by atoms with Crippen molar-refractivity contribution in [3.63, 3.8) is 0 Å². The van der Waals surface area contributed by atoms with Gasteiger partial charge in [-0.15, -0.1) is 10.2 Å². The smallest absolute Gasteiger partial charge is 0.250 e. The van der Waals surface area contributed by atoms with Gasteiger partial charge in [0.2, 0.25) is 5.91 Å². The van der Waals surface area contributed by atoms with Crippen molar-refractivity contribution in [3.05, 3.63) is 35.8 Å². The number of hydrogen-bond donors (Lipinski definition) is 0. The maximum atomic E-state index is 13.5. The molecule has 0 saturated heterocycles. The Morgan fingerprint density at radius 3 is 3.00 bits per heavy atom. The lowest BCUT2D eigenvalue weighted by Gasteiger charge is -2.33. The fraction of sp³-hybridized carbons (Fsp3) is 0.467. The van der Waals surface area contributed by atoms with Gasteiger partial charge in [0.1, 0.15) is 13.2 Å². The second-order valence-electron chi connectivity index (χ2n) is 5.40. The average Bonchev–Trinajstić information content (AvgIpc) is 2.99. The van der Waals surface area contributed by atoms with Crippen LogP contribution in [0.15, 0.2) is 18.3 Å². The van der Waals surface area contributed by atoms with E-state index in [9.17, 15) is 9.18 Å². The van der Waals surface area contributed by atoms with Crippen LogP contribution in [0.25, 0.3) is 0 Å². The molecule has 0 aliphatic carbocycles. The van der Waals surface area contributed by atoms with Gasteiger partial charge in [-0.3, -0.25) is 4.79 Å². The van der Waals surface area contributed by atoms with Crippen molar-refractivity contribution in [2.45, 2.75) is 26.1 Å². The van der Waals surface area contributed by atoms with Gasteiger partial charge in [0.25, 0.3) is 5.88 Å². The Balaban J connectivity index is 1.73. The number of hydrogen-bond acceptors (Lipinski definition) is 6. The molecule has 0 radical (unpaired) electrons. The van der Waals surface area contributed by atoms with E-state index in [0.29, 0.717) is 24.7 Å². The first kappa shape index (κ1) is 16.3. The monoisotopic (exact) mass is 335 g/mol. The Kier molecular flexibility index (Phi) is 4.70. The highest BCUT2D eigenvalue weighted by atomic mass is 19.1. The number of carbonyl (C=O) groups excluding carboxylic acids is 1. The second-order valence-corrected chi connectivity index (χ2v) is 5.40. The summed E-state index contributed by atoms with van der Waals surface area (Å²) in [6.45, 7) is 3.05. The van der Waals surface area contributed by atoms with Gasteiger partial charge in [-0.2, -0.15) is 0 Å². The first-order chi connectivity index (χ1) is 11.6. The summed E-state index contributed by atoms with van der Waals surface area (Å²) < 4.78 is 25.7. The van der Waals surface area contributed by atoms with Crippen molar-refractivity contribution in [3.8, 4) is 5.88 Å². The minimum absolute atomic E-state index is 0.0351. The molecule has 0 spiro atoms. The van der Waals surface area contributed by atoms with Crippen LogP contribution >= 0.6 is 0 Å². The van der Waals surface area contributed by atoms with Crippen molar-refractivity contribution in [1.29, 1.82) is 0 Å². The third-order valence-corrected chi connectivity index (χ3v) is 3.91. The van der Waals surface area contributed by atoms with Gasteiger partial charge in [0.15, 0.2) is 17.5 Å². The summed E-state index contributed by atoms with van der Waals surface area (Å²) in [6.07, 6.45) is 1.46. The molecule has 128 valence electrons. The minimum Gasteiger partial charge on any atom is -0.467 e. The van der Waals surface area contributed by atoms with E-state index in [1.807, 2.05) is 11.5 Å². The van der Waals surface area contributed by atoms with Crippen LogP contribution in [0.2, 0.25) is 0 Å². The predicted molar refractivity (Wildman–Crippen MR) is 80.6 cm³/mol. The molecule has 0 aromatic carbocycles. The number of nitrogens with zero attached hydrogens (tertiary/aromatic N) is 5. The van der Waals surface area contributed by atoms with Gasteiger partial charge in [-0.1, -0.05) is 0 Å². The van der Waals surface area contributed by atoms with E-state index >= 15 is 0 Å². The Morgan fingerprint density at radius 1 is 1.42 bits per heavy atom. The van der Waals surface area contributed by atoms with Crippen LogP contribution in [-0.2, 0) is 22.7 Å². The number of rotatable bonds is 5. The zero-order chi connectivity index (χ0) is 17.1. The standard InChI is InChI=1S/C15H18FN5O3/c1-10-14-19-18-12(8-24-15-11(16)4-3-5-17-15)21(14)7-6-20(10)13(22)9-23-2/h3-5,10H,6-9H2,1-2H3/t10-/m1/s1. The first-order valence-corrected chi connectivity index (χ1v) is 7.55. The van der Waals surface area contributed by atoms with Crippen molar-refractivity contribution in [2.75, 3.05) is 20.3 Å². The number of fused-ring (bicyclic) bond motifs is 1. The van der Waals surface area contributed by atoms with Crippen molar-refractivity contribution in [1.82, 2.24) is 24.6 Å². The van der Waals surface area contributed by atoms with Crippen LogP contribution in [0.4, 0.5) is 4.39 Å². The Hall–Kier alpha value is -2.55. The molecule has 1 aliphatic heterocycles. The second kappa shape index (κ2) is 6.91. The van der Waals surface area contributed by atoms with Crippen LogP contribution in [0.5, 0.6) is 5.88 Å². The molecule has 3 rings (SSSR count). The zero-order valence-electron chi connectivity index (χ0n) is 13.5. The molecule has 1 aliphatic rings. The van der Waals surface area contributed by atoms with Gasteiger partial charge in [-0.05, 0) is 19.1 Å². The van der Waals surface area contributed by atoms with Gasteiger partial charge in [0.05, 0.1) is 6.04 Å². The number of carbonyl (C=O) groups is 1. The van der Waals surface area contributed by atoms with Gasteiger partial charge < -0.3 is 18.9 Å².